The second-order valence-electron chi connectivity index (χ2n) is 4.39. The summed E-state index contributed by atoms with van der Waals surface area (Å²) in [4.78, 5) is 21.3. The van der Waals surface area contributed by atoms with Crippen molar-refractivity contribution in [3.8, 4) is 0 Å². The zero-order valence-electron chi connectivity index (χ0n) is 10.8. The summed E-state index contributed by atoms with van der Waals surface area (Å²) in [6.07, 6.45) is 0.364. The monoisotopic (exact) mass is 281 g/mol. The van der Waals surface area contributed by atoms with Gasteiger partial charge in [-0.2, -0.15) is 0 Å². The normalized spacial score (nSPS) is 14.3. The molecule has 2 heterocycles. The molecule has 7 heteroatoms. The standard InChI is InChI=1S/C12H15N3O3S/c1-5-7(3)19-11-8(5)10(13-4-14-11)15-9(6(2)16)12(17)18/h4,6,9,16H,1-3H3,(H,17,18)(H,13,14,15)/t6-,9+/m1/s1. The highest BCUT2D eigenvalue weighted by atomic mass is 32.1. The lowest BCUT2D eigenvalue weighted by atomic mass is 10.1. The van der Waals surface area contributed by atoms with E-state index < -0.39 is 18.1 Å². The van der Waals surface area contributed by atoms with Gasteiger partial charge in [0, 0.05) is 4.88 Å². The van der Waals surface area contributed by atoms with Crippen molar-refractivity contribution in [1.82, 2.24) is 9.97 Å². The Morgan fingerprint density at radius 2 is 2.11 bits per heavy atom. The Morgan fingerprint density at radius 1 is 1.42 bits per heavy atom. The molecule has 0 aromatic carbocycles. The molecule has 3 N–H and O–H groups in total. The van der Waals surface area contributed by atoms with Crippen molar-refractivity contribution in [2.24, 2.45) is 0 Å². The predicted molar refractivity (Wildman–Crippen MR) is 73.6 cm³/mol. The van der Waals surface area contributed by atoms with Crippen LogP contribution in [-0.2, 0) is 4.79 Å². The van der Waals surface area contributed by atoms with Gasteiger partial charge in [-0.05, 0) is 26.3 Å². The van der Waals surface area contributed by atoms with E-state index in [1.54, 1.807) is 0 Å². The first-order valence-electron chi connectivity index (χ1n) is 5.80. The second-order valence-corrected chi connectivity index (χ2v) is 5.59. The number of aliphatic hydroxyl groups is 1. The summed E-state index contributed by atoms with van der Waals surface area (Å²) in [6, 6.07) is -1.10. The first kappa shape index (κ1) is 13.7. The summed E-state index contributed by atoms with van der Waals surface area (Å²) in [5.41, 5.74) is 1.03. The molecule has 2 atom stereocenters. The van der Waals surface area contributed by atoms with Gasteiger partial charge < -0.3 is 15.5 Å². The number of thiophene rings is 1. The van der Waals surface area contributed by atoms with Gasteiger partial charge in [0.25, 0.3) is 0 Å². The molecule has 0 bridgehead atoms. The molecule has 0 radical (unpaired) electrons. The number of aromatic nitrogens is 2. The highest BCUT2D eigenvalue weighted by Gasteiger charge is 2.24. The van der Waals surface area contributed by atoms with E-state index in [-0.39, 0.29) is 0 Å². The van der Waals surface area contributed by atoms with Crippen molar-refractivity contribution in [1.29, 1.82) is 0 Å². The lowest BCUT2D eigenvalue weighted by Crippen LogP contribution is -2.39. The van der Waals surface area contributed by atoms with Gasteiger partial charge in [0.1, 0.15) is 17.0 Å². The molecule has 2 aromatic rings. The van der Waals surface area contributed by atoms with Gasteiger partial charge in [-0.15, -0.1) is 11.3 Å². The van der Waals surface area contributed by atoms with Gasteiger partial charge >= 0.3 is 5.97 Å². The predicted octanol–water partition coefficient (Wildman–Crippen LogP) is 1.55. The number of fused-ring (bicyclic) bond motifs is 1. The Morgan fingerprint density at radius 3 is 2.68 bits per heavy atom. The number of hydrogen-bond acceptors (Lipinski definition) is 6. The number of carboxylic acids is 1. The minimum Gasteiger partial charge on any atom is -0.480 e. The minimum absolute atomic E-state index is 0.445. The van der Waals surface area contributed by atoms with Crippen molar-refractivity contribution >= 4 is 33.3 Å². The molecule has 6 nitrogen and oxygen atoms in total. The van der Waals surface area contributed by atoms with Crippen LogP contribution in [-0.4, -0.2) is 38.3 Å². The van der Waals surface area contributed by atoms with Crippen LogP contribution in [0.15, 0.2) is 6.33 Å². The zero-order valence-corrected chi connectivity index (χ0v) is 11.7. The van der Waals surface area contributed by atoms with Crippen LogP contribution in [0.3, 0.4) is 0 Å². The van der Waals surface area contributed by atoms with E-state index in [1.165, 1.54) is 24.6 Å². The maximum absolute atomic E-state index is 11.1. The van der Waals surface area contributed by atoms with Crippen molar-refractivity contribution in [2.45, 2.75) is 32.9 Å². The average molecular weight is 281 g/mol. The molecule has 0 fully saturated rings. The molecule has 102 valence electrons. The van der Waals surface area contributed by atoms with E-state index >= 15 is 0 Å². The van der Waals surface area contributed by atoms with E-state index in [1.807, 2.05) is 13.8 Å². The molecule has 2 rings (SSSR count). The Kier molecular flexibility index (Phi) is 3.68. The van der Waals surface area contributed by atoms with Crippen molar-refractivity contribution in [3.63, 3.8) is 0 Å². The van der Waals surface area contributed by atoms with E-state index in [2.05, 4.69) is 15.3 Å². The van der Waals surface area contributed by atoms with Gasteiger partial charge in [0.2, 0.25) is 0 Å². The number of carbonyl (C=O) groups is 1. The molecule has 19 heavy (non-hydrogen) atoms. The number of aliphatic hydroxyl groups excluding tert-OH is 1. The number of carboxylic acid groups (broad SMARTS) is 1. The molecule has 2 aromatic heterocycles. The number of rotatable bonds is 4. The van der Waals surface area contributed by atoms with Crippen LogP contribution in [0, 0.1) is 13.8 Å². The van der Waals surface area contributed by atoms with Crippen molar-refractivity contribution in [3.05, 3.63) is 16.8 Å². The number of nitrogens with one attached hydrogen (secondary N) is 1. The fraction of sp³-hybridized carbons (Fsp3) is 0.417. The van der Waals surface area contributed by atoms with Crippen molar-refractivity contribution < 1.29 is 15.0 Å². The molecule has 0 saturated heterocycles. The number of aryl methyl sites for hydroxylation is 2. The van der Waals surface area contributed by atoms with E-state index in [0.717, 1.165) is 20.7 Å². The highest BCUT2D eigenvalue weighted by molar-refractivity contribution is 7.18. The zero-order chi connectivity index (χ0) is 14.2. The Balaban J connectivity index is 2.48. The highest BCUT2D eigenvalue weighted by Crippen LogP contribution is 2.32. The van der Waals surface area contributed by atoms with Crippen LogP contribution in [0.4, 0.5) is 5.82 Å². The van der Waals surface area contributed by atoms with Crippen LogP contribution in [0.1, 0.15) is 17.4 Å². The van der Waals surface area contributed by atoms with Crippen LogP contribution in [0.2, 0.25) is 0 Å². The SMILES string of the molecule is Cc1sc2ncnc(N[C@H](C(=O)O)[C@@H](C)O)c2c1C. The second kappa shape index (κ2) is 5.10. The van der Waals surface area contributed by atoms with E-state index in [4.69, 9.17) is 5.11 Å². The average Bonchev–Trinajstić information content (AvgIpc) is 2.62. The number of aliphatic carboxylic acids is 1. The van der Waals surface area contributed by atoms with Gasteiger partial charge in [-0.3, -0.25) is 0 Å². The number of hydrogen-bond donors (Lipinski definition) is 3. The van der Waals surface area contributed by atoms with Gasteiger partial charge in [-0.1, -0.05) is 0 Å². The van der Waals surface area contributed by atoms with Crippen LogP contribution < -0.4 is 5.32 Å². The third-order valence-electron chi connectivity index (χ3n) is 3.01. The molecule has 0 unspecified atom stereocenters. The molecule has 0 spiro atoms. The topological polar surface area (TPSA) is 95.3 Å². The van der Waals surface area contributed by atoms with Crippen LogP contribution in [0.5, 0.6) is 0 Å². The number of anilines is 1. The molecular weight excluding hydrogens is 266 g/mol. The summed E-state index contributed by atoms with van der Waals surface area (Å²) < 4.78 is 0. The lowest BCUT2D eigenvalue weighted by molar-refractivity contribution is -0.140. The fourth-order valence-electron chi connectivity index (χ4n) is 1.83. The smallest absolute Gasteiger partial charge is 0.328 e. The Hall–Kier alpha value is -1.73. The molecule has 0 saturated carbocycles. The number of nitrogens with zero attached hydrogens (tertiary/aromatic N) is 2. The largest absolute Gasteiger partial charge is 0.480 e. The molecule has 0 aliphatic carbocycles. The van der Waals surface area contributed by atoms with Crippen LogP contribution >= 0.6 is 11.3 Å². The third kappa shape index (κ3) is 2.52. The molecule has 0 aliphatic heterocycles. The first-order chi connectivity index (χ1) is 8.91. The Labute approximate surface area is 114 Å². The molecule has 0 aliphatic rings. The van der Waals surface area contributed by atoms with E-state index in [0.29, 0.717) is 5.82 Å². The molecule has 0 amide bonds. The van der Waals surface area contributed by atoms with E-state index in [9.17, 15) is 9.90 Å². The van der Waals surface area contributed by atoms with Gasteiger partial charge in [0.05, 0.1) is 11.5 Å². The first-order valence-corrected chi connectivity index (χ1v) is 6.61. The summed E-state index contributed by atoms with van der Waals surface area (Å²) in [5, 5.41) is 22.2. The summed E-state index contributed by atoms with van der Waals surface area (Å²) in [5.74, 6) is -0.675. The van der Waals surface area contributed by atoms with Gasteiger partial charge in [0.15, 0.2) is 6.04 Å². The fourth-order valence-corrected chi connectivity index (χ4v) is 2.82. The summed E-state index contributed by atoms with van der Waals surface area (Å²) in [7, 11) is 0. The van der Waals surface area contributed by atoms with Gasteiger partial charge in [-0.25, -0.2) is 14.8 Å². The maximum atomic E-state index is 11.1. The van der Waals surface area contributed by atoms with Crippen molar-refractivity contribution in [2.75, 3.05) is 5.32 Å². The van der Waals surface area contributed by atoms with Crippen LogP contribution in [0.25, 0.3) is 10.2 Å². The summed E-state index contributed by atoms with van der Waals surface area (Å²) in [6.45, 7) is 5.35. The summed E-state index contributed by atoms with van der Waals surface area (Å²) >= 11 is 1.54. The quantitative estimate of drug-likeness (QED) is 0.787. The maximum Gasteiger partial charge on any atom is 0.328 e. The lowest BCUT2D eigenvalue weighted by Gasteiger charge is -2.18. The Bertz CT molecular complexity index is 624. The minimum atomic E-state index is -1.12. The molecular formula is C12H15N3O3S. The third-order valence-corrected chi connectivity index (χ3v) is 4.12.